The van der Waals surface area contributed by atoms with Crippen LogP contribution in [0.3, 0.4) is 0 Å². The molecule has 0 fully saturated rings. The molecule has 7 heteroatoms. The number of sulfonamides is 1. The summed E-state index contributed by atoms with van der Waals surface area (Å²) in [5, 5.41) is 0.616. The Hall–Kier alpha value is 0.310. The average molecular weight is 318 g/mol. The summed E-state index contributed by atoms with van der Waals surface area (Å²) in [6.45, 7) is 3.86. The average Bonchev–Trinajstić information content (AvgIpc) is 2.24. The van der Waals surface area contributed by atoms with Crippen LogP contribution in [0, 0.1) is 0 Å². The lowest BCUT2D eigenvalue weighted by molar-refractivity contribution is 0.160. The molecular weight excluding hydrogens is 298 g/mol. The number of hydrogen-bond acceptors (Lipinski definition) is 4. The fourth-order valence-electron chi connectivity index (χ4n) is 1.12. The molecule has 0 bridgehead atoms. The SMILES string of the molecule is CCOCCS(=O)(=O)N(CCBr)CCOC. The second kappa shape index (κ2) is 9.35. The molecule has 5 nitrogen and oxygen atoms in total. The van der Waals surface area contributed by atoms with Crippen molar-refractivity contribution in [1.82, 2.24) is 4.31 Å². The smallest absolute Gasteiger partial charge is 0.216 e. The van der Waals surface area contributed by atoms with Crippen LogP contribution in [0.4, 0.5) is 0 Å². The third kappa shape index (κ3) is 6.80. The van der Waals surface area contributed by atoms with Gasteiger partial charge in [-0.2, -0.15) is 4.31 Å². The maximum Gasteiger partial charge on any atom is 0.216 e. The Morgan fingerprint density at radius 2 is 1.94 bits per heavy atom. The number of alkyl halides is 1. The molecule has 0 aromatic rings. The molecule has 0 aliphatic carbocycles. The van der Waals surface area contributed by atoms with Crippen molar-refractivity contribution in [3.8, 4) is 0 Å². The topological polar surface area (TPSA) is 55.8 Å². The Labute approximate surface area is 106 Å². The van der Waals surface area contributed by atoms with Crippen LogP contribution in [0.1, 0.15) is 6.92 Å². The van der Waals surface area contributed by atoms with Gasteiger partial charge in [-0.3, -0.25) is 0 Å². The number of halogens is 1. The normalized spacial score (nSPS) is 12.2. The Morgan fingerprint density at radius 1 is 1.25 bits per heavy atom. The zero-order valence-electron chi connectivity index (χ0n) is 9.82. The summed E-state index contributed by atoms with van der Waals surface area (Å²) < 4.78 is 35.1. The molecule has 0 unspecified atom stereocenters. The van der Waals surface area contributed by atoms with Gasteiger partial charge in [0.2, 0.25) is 10.0 Å². The lowest BCUT2D eigenvalue weighted by atomic mass is 10.6. The summed E-state index contributed by atoms with van der Waals surface area (Å²) in [6.07, 6.45) is 0. The van der Waals surface area contributed by atoms with Crippen molar-refractivity contribution in [3.63, 3.8) is 0 Å². The lowest BCUT2D eigenvalue weighted by Gasteiger charge is -2.20. The van der Waals surface area contributed by atoms with E-state index in [1.54, 1.807) is 7.11 Å². The van der Waals surface area contributed by atoms with Crippen molar-refractivity contribution < 1.29 is 17.9 Å². The summed E-state index contributed by atoms with van der Waals surface area (Å²) in [5.41, 5.74) is 0. The predicted octanol–water partition coefficient (Wildman–Crippen LogP) is 0.696. The van der Waals surface area contributed by atoms with Crippen molar-refractivity contribution in [2.45, 2.75) is 6.92 Å². The number of nitrogens with zero attached hydrogens (tertiary/aromatic N) is 1. The van der Waals surface area contributed by atoms with Gasteiger partial charge in [-0.1, -0.05) is 15.9 Å². The molecular formula is C9H20BrNO4S. The van der Waals surface area contributed by atoms with E-state index in [0.29, 0.717) is 31.6 Å². The van der Waals surface area contributed by atoms with Gasteiger partial charge in [-0.15, -0.1) is 0 Å². The molecule has 16 heavy (non-hydrogen) atoms. The zero-order chi connectivity index (χ0) is 12.4. The highest BCUT2D eigenvalue weighted by Crippen LogP contribution is 2.03. The lowest BCUT2D eigenvalue weighted by Crippen LogP contribution is -2.38. The second-order valence-corrected chi connectivity index (χ2v) is 5.98. The van der Waals surface area contributed by atoms with Gasteiger partial charge in [0.1, 0.15) is 0 Å². The van der Waals surface area contributed by atoms with Gasteiger partial charge in [-0.05, 0) is 6.92 Å². The summed E-state index contributed by atoms with van der Waals surface area (Å²) in [7, 11) is -1.68. The first-order chi connectivity index (χ1) is 7.58. The molecule has 0 saturated heterocycles. The van der Waals surface area contributed by atoms with E-state index in [-0.39, 0.29) is 12.4 Å². The summed E-state index contributed by atoms with van der Waals surface area (Å²) in [5.74, 6) is 0.0254. The monoisotopic (exact) mass is 317 g/mol. The Morgan fingerprint density at radius 3 is 2.44 bits per heavy atom. The first-order valence-corrected chi connectivity index (χ1v) is 7.92. The van der Waals surface area contributed by atoms with E-state index in [4.69, 9.17) is 9.47 Å². The van der Waals surface area contributed by atoms with Crippen molar-refractivity contribution >= 4 is 26.0 Å². The molecule has 0 N–H and O–H groups in total. The second-order valence-electron chi connectivity index (χ2n) is 3.09. The Bertz CT molecular complexity index is 258. The quantitative estimate of drug-likeness (QED) is 0.439. The van der Waals surface area contributed by atoms with Gasteiger partial charge < -0.3 is 9.47 Å². The van der Waals surface area contributed by atoms with Crippen molar-refractivity contribution in [1.29, 1.82) is 0 Å². The highest BCUT2D eigenvalue weighted by molar-refractivity contribution is 9.09. The predicted molar refractivity (Wildman–Crippen MR) is 67.5 cm³/mol. The zero-order valence-corrected chi connectivity index (χ0v) is 12.2. The van der Waals surface area contributed by atoms with Gasteiger partial charge in [-0.25, -0.2) is 8.42 Å². The van der Waals surface area contributed by atoms with Crippen molar-refractivity contribution in [3.05, 3.63) is 0 Å². The molecule has 0 aliphatic heterocycles. The number of methoxy groups -OCH3 is 1. The highest BCUT2D eigenvalue weighted by Gasteiger charge is 2.20. The van der Waals surface area contributed by atoms with Crippen molar-refractivity contribution in [2.75, 3.05) is 51.1 Å². The molecule has 0 saturated carbocycles. The molecule has 98 valence electrons. The van der Waals surface area contributed by atoms with Gasteiger partial charge in [0.25, 0.3) is 0 Å². The molecule has 0 amide bonds. The first-order valence-electron chi connectivity index (χ1n) is 5.19. The molecule has 0 rings (SSSR count). The standard InChI is InChI=1S/C9H20BrNO4S/c1-3-15-8-9-16(12,13)11(5-4-10)6-7-14-2/h3-9H2,1-2H3. The minimum Gasteiger partial charge on any atom is -0.383 e. The number of rotatable bonds is 10. The third-order valence-electron chi connectivity index (χ3n) is 1.96. The van der Waals surface area contributed by atoms with Crippen LogP contribution in [-0.2, 0) is 19.5 Å². The minimum absolute atomic E-state index is 0.0254. The van der Waals surface area contributed by atoms with Crippen LogP contribution in [0.2, 0.25) is 0 Å². The largest absolute Gasteiger partial charge is 0.383 e. The van der Waals surface area contributed by atoms with Crippen molar-refractivity contribution in [2.24, 2.45) is 0 Å². The fraction of sp³-hybridized carbons (Fsp3) is 1.00. The molecule has 0 atom stereocenters. The Kier molecular flexibility index (Phi) is 9.53. The van der Waals surface area contributed by atoms with E-state index >= 15 is 0 Å². The van der Waals surface area contributed by atoms with E-state index in [9.17, 15) is 8.42 Å². The maximum absolute atomic E-state index is 11.9. The third-order valence-corrected chi connectivity index (χ3v) is 4.15. The molecule has 0 aromatic heterocycles. The molecule has 0 radical (unpaired) electrons. The molecule has 0 aromatic carbocycles. The van der Waals surface area contributed by atoms with Crippen LogP contribution < -0.4 is 0 Å². The summed E-state index contributed by atoms with van der Waals surface area (Å²) in [6, 6.07) is 0. The van der Waals surface area contributed by atoms with Crippen LogP contribution in [0.5, 0.6) is 0 Å². The Balaban J connectivity index is 4.25. The first kappa shape index (κ1) is 16.3. The van der Waals surface area contributed by atoms with E-state index < -0.39 is 10.0 Å². The van der Waals surface area contributed by atoms with E-state index in [1.165, 1.54) is 4.31 Å². The van der Waals surface area contributed by atoms with E-state index in [2.05, 4.69) is 15.9 Å². The summed E-state index contributed by atoms with van der Waals surface area (Å²) >= 11 is 3.24. The van der Waals surface area contributed by atoms with Crippen LogP contribution in [-0.4, -0.2) is 63.8 Å². The number of hydrogen-bond donors (Lipinski definition) is 0. The highest BCUT2D eigenvalue weighted by atomic mass is 79.9. The van der Waals surface area contributed by atoms with Crippen LogP contribution >= 0.6 is 15.9 Å². The number of ether oxygens (including phenoxy) is 2. The van der Waals surface area contributed by atoms with E-state index in [0.717, 1.165) is 0 Å². The van der Waals surface area contributed by atoms with Gasteiger partial charge in [0.05, 0.1) is 19.0 Å². The maximum atomic E-state index is 11.9. The molecule has 0 aliphatic rings. The van der Waals surface area contributed by atoms with Gasteiger partial charge >= 0.3 is 0 Å². The van der Waals surface area contributed by atoms with E-state index in [1.807, 2.05) is 6.92 Å². The molecule has 0 spiro atoms. The van der Waals surface area contributed by atoms with Crippen LogP contribution in [0.15, 0.2) is 0 Å². The van der Waals surface area contributed by atoms with Crippen LogP contribution in [0.25, 0.3) is 0 Å². The van der Waals surface area contributed by atoms with Gasteiger partial charge in [0, 0.05) is 32.1 Å². The molecule has 0 heterocycles. The fourth-order valence-corrected chi connectivity index (χ4v) is 3.09. The van der Waals surface area contributed by atoms with Gasteiger partial charge in [0.15, 0.2) is 0 Å². The summed E-state index contributed by atoms with van der Waals surface area (Å²) in [4.78, 5) is 0. The minimum atomic E-state index is -3.23.